The van der Waals surface area contributed by atoms with Gasteiger partial charge < -0.3 is 19.9 Å². The molecule has 2 aromatic rings. The number of nitrogens with one attached hydrogen (secondary N) is 1. The molecule has 3 amide bonds. The lowest BCUT2D eigenvalue weighted by Crippen LogP contribution is -2.49. The molecular weight excluding hydrogens is 380 g/mol. The van der Waals surface area contributed by atoms with Gasteiger partial charge in [0.25, 0.3) is 0 Å². The number of piperidine rings is 1. The minimum absolute atomic E-state index is 0.0161. The van der Waals surface area contributed by atoms with Crippen molar-refractivity contribution < 1.29 is 14.3 Å². The number of hydrogen-bond acceptors (Lipinski definition) is 4. The third kappa shape index (κ3) is 5.72. The first-order valence-corrected chi connectivity index (χ1v) is 10.6. The molecule has 1 atom stereocenters. The van der Waals surface area contributed by atoms with E-state index in [2.05, 4.69) is 10.3 Å². The quantitative estimate of drug-likeness (QED) is 0.754. The molecule has 3 rings (SSSR count). The van der Waals surface area contributed by atoms with Crippen LogP contribution in [-0.2, 0) is 11.4 Å². The molecule has 1 aliphatic rings. The van der Waals surface area contributed by atoms with Gasteiger partial charge in [-0.3, -0.25) is 9.78 Å². The fourth-order valence-corrected chi connectivity index (χ4v) is 3.61. The Bertz CT molecular complexity index is 839. The Balaban J connectivity index is 1.56. The number of pyridine rings is 1. The molecule has 1 fully saturated rings. The highest BCUT2D eigenvalue weighted by Gasteiger charge is 2.30. The van der Waals surface area contributed by atoms with Crippen LogP contribution in [0.4, 0.5) is 10.5 Å². The van der Waals surface area contributed by atoms with Crippen molar-refractivity contribution in [3.05, 3.63) is 54.4 Å². The number of carbonyl (C=O) groups excluding carboxylic acids is 2. The van der Waals surface area contributed by atoms with Gasteiger partial charge in [-0.1, -0.05) is 12.1 Å². The van der Waals surface area contributed by atoms with E-state index in [1.807, 2.05) is 56.3 Å². The molecule has 30 heavy (non-hydrogen) atoms. The lowest BCUT2D eigenvalue weighted by Gasteiger charge is -2.35. The summed E-state index contributed by atoms with van der Waals surface area (Å²) >= 11 is 0. The van der Waals surface area contributed by atoms with Crippen molar-refractivity contribution in [3.63, 3.8) is 0 Å². The zero-order valence-electron chi connectivity index (χ0n) is 17.7. The van der Waals surface area contributed by atoms with Crippen molar-refractivity contribution in [1.29, 1.82) is 0 Å². The van der Waals surface area contributed by atoms with E-state index in [9.17, 15) is 9.59 Å². The highest BCUT2D eigenvalue weighted by Crippen LogP contribution is 2.22. The largest absolute Gasteiger partial charge is 0.487 e. The number of anilines is 1. The summed E-state index contributed by atoms with van der Waals surface area (Å²) in [5.74, 6) is 0.394. The lowest BCUT2D eigenvalue weighted by atomic mass is 9.97. The summed E-state index contributed by atoms with van der Waals surface area (Å²) < 4.78 is 5.79. The number of carbonyl (C=O) groups is 2. The van der Waals surface area contributed by atoms with E-state index in [1.165, 1.54) is 0 Å². The molecule has 7 heteroatoms. The Morgan fingerprint density at radius 3 is 2.77 bits per heavy atom. The van der Waals surface area contributed by atoms with Crippen LogP contribution in [0.25, 0.3) is 0 Å². The predicted octanol–water partition coefficient (Wildman–Crippen LogP) is 3.77. The first-order chi connectivity index (χ1) is 14.6. The number of amides is 3. The highest BCUT2D eigenvalue weighted by atomic mass is 16.5. The molecule has 1 aromatic heterocycles. The summed E-state index contributed by atoms with van der Waals surface area (Å²) in [6.45, 7) is 6.81. The SMILES string of the molecule is CCN(CC)C(=O)N1CCC[C@@H](C(=O)Nc2cccc(OCc3ccccn3)c2)C1. The van der Waals surface area contributed by atoms with Crippen LogP contribution >= 0.6 is 0 Å². The third-order valence-electron chi connectivity index (χ3n) is 5.31. The van der Waals surface area contributed by atoms with E-state index in [-0.39, 0.29) is 17.9 Å². The van der Waals surface area contributed by atoms with Crippen molar-refractivity contribution in [2.75, 3.05) is 31.5 Å². The molecule has 160 valence electrons. The zero-order valence-corrected chi connectivity index (χ0v) is 17.7. The first kappa shape index (κ1) is 21.6. The fourth-order valence-electron chi connectivity index (χ4n) is 3.61. The van der Waals surface area contributed by atoms with Crippen LogP contribution in [0.5, 0.6) is 5.75 Å². The Labute approximate surface area is 178 Å². The lowest BCUT2D eigenvalue weighted by molar-refractivity contribution is -0.121. The second-order valence-electron chi connectivity index (χ2n) is 7.37. The van der Waals surface area contributed by atoms with Gasteiger partial charge in [-0.2, -0.15) is 0 Å². The second-order valence-corrected chi connectivity index (χ2v) is 7.37. The number of hydrogen-bond donors (Lipinski definition) is 1. The Morgan fingerprint density at radius 1 is 1.20 bits per heavy atom. The van der Waals surface area contributed by atoms with Crippen molar-refractivity contribution in [2.24, 2.45) is 5.92 Å². The van der Waals surface area contributed by atoms with Crippen LogP contribution in [0.3, 0.4) is 0 Å². The van der Waals surface area contributed by atoms with Crippen molar-refractivity contribution >= 4 is 17.6 Å². The standard InChI is InChI=1S/C23H30N4O3/c1-3-26(4-2)23(29)27-14-8-9-18(16-27)22(28)25-19-11-7-12-21(15-19)30-17-20-10-5-6-13-24-20/h5-7,10-13,15,18H,3-4,8-9,14,16-17H2,1-2H3,(H,25,28)/t18-/m1/s1. The molecule has 7 nitrogen and oxygen atoms in total. The summed E-state index contributed by atoms with van der Waals surface area (Å²) in [5.41, 5.74) is 1.53. The molecule has 1 saturated heterocycles. The highest BCUT2D eigenvalue weighted by molar-refractivity contribution is 5.93. The van der Waals surface area contributed by atoms with E-state index in [1.54, 1.807) is 16.0 Å². The fraction of sp³-hybridized carbons (Fsp3) is 0.435. The molecule has 2 heterocycles. The molecule has 0 unspecified atom stereocenters. The van der Waals surface area contributed by atoms with Gasteiger partial charge in [-0.15, -0.1) is 0 Å². The predicted molar refractivity (Wildman–Crippen MR) is 116 cm³/mol. The molecule has 0 spiro atoms. The van der Waals surface area contributed by atoms with E-state index in [0.29, 0.717) is 44.2 Å². The average molecular weight is 411 g/mol. The van der Waals surface area contributed by atoms with Gasteiger partial charge >= 0.3 is 6.03 Å². The Hall–Kier alpha value is -3.09. The summed E-state index contributed by atoms with van der Waals surface area (Å²) in [6.07, 6.45) is 3.34. The second kappa shape index (κ2) is 10.6. The van der Waals surface area contributed by atoms with Crippen LogP contribution in [0.15, 0.2) is 48.7 Å². The van der Waals surface area contributed by atoms with Gasteiger partial charge in [0, 0.05) is 44.1 Å². The maximum absolute atomic E-state index is 12.8. The number of likely N-dealkylation sites (tertiary alicyclic amines) is 1. The number of urea groups is 1. The van der Waals surface area contributed by atoms with Crippen LogP contribution in [0.1, 0.15) is 32.4 Å². The van der Waals surface area contributed by atoms with Crippen LogP contribution in [0.2, 0.25) is 0 Å². The summed E-state index contributed by atoms with van der Waals surface area (Å²) in [6, 6.07) is 13.0. The van der Waals surface area contributed by atoms with Crippen LogP contribution in [-0.4, -0.2) is 52.9 Å². The summed E-state index contributed by atoms with van der Waals surface area (Å²) in [4.78, 5) is 33.3. The monoisotopic (exact) mass is 410 g/mol. The maximum atomic E-state index is 12.8. The first-order valence-electron chi connectivity index (χ1n) is 10.6. The molecule has 1 aromatic carbocycles. The van der Waals surface area contributed by atoms with Crippen LogP contribution in [0, 0.1) is 5.92 Å². The zero-order chi connectivity index (χ0) is 21.3. The number of aromatic nitrogens is 1. The van der Waals surface area contributed by atoms with E-state index < -0.39 is 0 Å². The Morgan fingerprint density at radius 2 is 2.03 bits per heavy atom. The molecule has 0 radical (unpaired) electrons. The average Bonchev–Trinajstić information content (AvgIpc) is 2.79. The smallest absolute Gasteiger partial charge is 0.320 e. The van der Waals surface area contributed by atoms with Crippen molar-refractivity contribution in [1.82, 2.24) is 14.8 Å². The molecule has 0 bridgehead atoms. The van der Waals surface area contributed by atoms with Gasteiger partial charge in [0.05, 0.1) is 11.6 Å². The van der Waals surface area contributed by atoms with Gasteiger partial charge in [-0.25, -0.2) is 4.79 Å². The van der Waals surface area contributed by atoms with Gasteiger partial charge in [0.1, 0.15) is 12.4 Å². The molecule has 0 aliphatic carbocycles. The summed E-state index contributed by atoms with van der Waals surface area (Å²) in [5, 5.41) is 2.98. The maximum Gasteiger partial charge on any atom is 0.320 e. The van der Waals surface area contributed by atoms with E-state index >= 15 is 0 Å². The minimum atomic E-state index is -0.212. The Kier molecular flexibility index (Phi) is 7.65. The number of ether oxygens (including phenoxy) is 1. The summed E-state index contributed by atoms with van der Waals surface area (Å²) in [7, 11) is 0. The topological polar surface area (TPSA) is 74.8 Å². The molecular formula is C23H30N4O3. The van der Waals surface area contributed by atoms with Crippen molar-refractivity contribution in [3.8, 4) is 5.75 Å². The van der Waals surface area contributed by atoms with Gasteiger partial charge in [-0.05, 0) is 51.0 Å². The molecule has 1 aliphatic heterocycles. The number of nitrogens with zero attached hydrogens (tertiary/aromatic N) is 3. The van der Waals surface area contributed by atoms with Crippen molar-refractivity contribution in [2.45, 2.75) is 33.3 Å². The van der Waals surface area contributed by atoms with Gasteiger partial charge in [0.15, 0.2) is 0 Å². The van der Waals surface area contributed by atoms with Crippen LogP contribution < -0.4 is 10.1 Å². The normalized spacial score (nSPS) is 16.1. The van der Waals surface area contributed by atoms with E-state index in [4.69, 9.17) is 4.74 Å². The third-order valence-corrected chi connectivity index (χ3v) is 5.31. The van der Waals surface area contributed by atoms with E-state index in [0.717, 1.165) is 18.5 Å². The van der Waals surface area contributed by atoms with Gasteiger partial charge in [0.2, 0.25) is 5.91 Å². The molecule has 1 N–H and O–H groups in total. The number of rotatable bonds is 7. The number of benzene rings is 1. The molecule has 0 saturated carbocycles. The minimum Gasteiger partial charge on any atom is -0.487 e.